The number of nitrogens with one attached hydrogen (secondary N) is 1. The molecule has 0 atom stereocenters. The van der Waals surface area contributed by atoms with E-state index in [1.165, 1.54) is 14.1 Å². The van der Waals surface area contributed by atoms with Gasteiger partial charge in [0.25, 0.3) is 0 Å². The van der Waals surface area contributed by atoms with Crippen LogP contribution in [0.2, 0.25) is 0 Å². The van der Waals surface area contributed by atoms with Crippen LogP contribution in [-0.2, 0) is 33.0 Å². The van der Waals surface area contributed by atoms with Gasteiger partial charge in [-0.2, -0.15) is 0 Å². The first-order valence-corrected chi connectivity index (χ1v) is 12.5. The number of esters is 1. The van der Waals surface area contributed by atoms with Gasteiger partial charge in [0.2, 0.25) is 15.9 Å². The molecule has 0 aliphatic carbocycles. The normalized spacial score (nSPS) is 11.7. The van der Waals surface area contributed by atoms with E-state index in [0.717, 1.165) is 22.7 Å². The number of anilines is 1. The van der Waals surface area contributed by atoms with Crippen molar-refractivity contribution < 1.29 is 22.7 Å². The van der Waals surface area contributed by atoms with Gasteiger partial charge in [-0.1, -0.05) is 13.3 Å². The van der Waals surface area contributed by atoms with Crippen LogP contribution < -0.4 is 5.32 Å². The molecule has 1 heterocycles. The lowest BCUT2D eigenvalue weighted by Crippen LogP contribution is -2.22. The third-order valence-corrected chi connectivity index (χ3v) is 7.25. The molecule has 3 aromatic rings. The summed E-state index contributed by atoms with van der Waals surface area (Å²) in [5, 5.41) is 2.81. The average molecular weight is 487 g/mol. The summed E-state index contributed by atoms with van der Waals surface area (Å²) < 4.78 is 33.0. The highest BCUT2D eigenvalue weighted by Gasteiger charge is 2.19. The van der Waals surface area contributed by atoms with E-state index >= 15 is 0 Å². The van der Waals surface area contributed by atoms with Crippen molar-refractivity contribution in [2.75, 3.05) is 26.0 Å². The number of carbonyl (C=O) groups is 2. The zero-order valence-corrected chi connectivity index (χ0v) is 20.7. The van der Waals surface area contributed by atoms with Gasteiger partial charge in [-0.15, -0.1) is 0 Å². The maximum Gasteiger partial charge on any atom is 0.338 e. The maximum atomic E-state index is 12.4. The van der Waals surface area contributed by atoms with Gasteiger partial charge in [0.05, 0.1) is 28.1 Å². The Morgan fingerprint density at radius 1 is 1.12 bits per heavy atom. The quantitative estimate of drug-likeness (QED) is 0.348. The third kappa shape index (κ3) is 5.81. The highest BCUT2D eigenvalue weighted by atomic mass is 32.2. The van der Waals surface area contributed by atoms with E-state index in [9.17, 15) is 18.0 Å². The number of rotatable bonds is 10. The SMILES string of the molecule is CCCCOC(=O)c1ccc(NC(=O)CCc2nc3cc(S(=O)(=O)N(C)C)ccc3n2C)cc1. The maximum absolute atomic E-state index is 12.4. The Hall–Kier alpha value is -3.24. The van der Waals surface area contributed by atoms with Crippen LogP contribution in [0.5, 0.6) is 0 Å². The minimum atomic E-state index is -3.56. The standard InChI is InChI=1S/C24H30N4O5S/c1-5-6-15-33-24(30)17-7-9-18(10-8-17)25-23(29)14-13-22-26-20-16-19(34(31,32)27(2)3)11-12-21(20)28(22)4/h7-12,16H,5-6,13-15H2,1-4H3,(H,25,29). The summed E-state index contributed by atoms with van der Waals surface area (Å²) in [5.74, 6) is 0.102. The van der Waals surface area contributed by atoms with E-state index in [-0.39, 0.29) is 23.2 Å². The summed E-state index contributed by atoms with van der Waals surface area (Å²) in [5.41, 5.74) is 2.36. The molecule has 2 aromatic carbocycles. The molecule has 0 saturated carbocycles. The molecule has 3 rings (SSSR count). The molecule has 0 aliphatic heterocycles. The molecule has 10 heteroatoms. The first kappa shape index (κ1) is 25.4. The number of hydrogen-bond acceptors (Lipinski definition) is 6. The van der Waals surface area contributed by atoms with E-state index in [2.05, 4.69) is 10.3 Å². The number of fused-ring (bicyclic) bond motifs is 1. The Morgan fingerprint density at radius 3 is 2.47 bits per heavy atom. The first-order chi connectivity index (χ1) is 16.1. The Bertz CT molecular complexity index is 1280. The molecule has 9 nitrogen and oxygen atoms in total. The van der Waals surface area contributed by atoms with Gasteiger partial charge in [-0.25, -0.2) is 22.5 Å². The van der Waals surface area contributed by atoms with E-state index in [0.29, 0.717) is 35.6 Å². The Kier molecular flexibility index (Phi) is 8.06. The van der Waals surface area contributed by atoms with Crippen LogP contribution in [0.3, 0.4) is 0 Å². The molecule has 0 aliphatic rings. The number of sulfonamides is 1. The topological polar surface area (TPSA) is 111 Å². The molecule has 0 bridgehead atoms. The van der Waals surface area contributed by atoms with Crippen molar-refractivity contribution in [1.29, 1.82) is 0 Å². The monoisotopic (exact) mass is 486 g/mol. The second-order valence-corrected chi connectivity index (χ2v) is 10.3. The van der Waals surface area contributed by atoms with Gasteiger partial charge in [-0.05, 0) is 48.9 Å². The number of nitrogens with zero attached hydrogens (tertiary/aromatic N) is 3. The number of ether oxygens (including phenoxy) is 1. The molecule has 1 N–H and O–H groups in total. The number of carbonyl (C=O) groups excluding carboxylic acids is 2. The fourth-order valence-corrected chi connectivity index (χ4v) is 4.28. The summed E-state index contributed by atoms with van der Waals surface area (Å²) in [6, 6.07) is 11.4. The molecular weight excluding hydrogens is 456 g/mol. The molecule has 34 heavy (non-hydrogen) atoms. The van der Waals surface area contributed by atoms with Crippen molar-refractivity contribution in [3.05, 3.63) is 53.9 Å². The van der Waals surface area contributed by atoms with E-state index < -0.39 is 10.0 Å². The van der Waals surface area contributed by atoms with E-state index in [1.54, 1.807) is 42.5 Å². The average Bonchev–Trinajstić information content (AvgIpc) is 3.13. The van der Waals surface area contributed by atoms with Gasteiger partial charge in [-0.3, -0.25) is 4.79 Å². The van der Waals surface area contributed by atoms with Crippen LogP contribution in [-0.4, -0.2) is 54.9 Å². The van der Waals surface area contributed by atoms with E-state index in [4.69, 9.17) is 4.74 Å². The number of aromatic nitrogens is 2. The molecule has 0 radical (unpaired) electrons. The van der Waals surface area contributed by atoms with Crippen molar-refractivity contribution >= 4 is 38.6 Å². The molecular formula is C24H30N4O5S. The summed E-state index contributed by atoms with van der Waals surface area (Å²) in [6.07, 6.45) is 2.35. The fraction of sp³-hybridized carbons (Fsp3) is 0.375. The summed E-state index contributed by atoms with van der Waals surface area (Å²) in [7, 11) is 1.24. The molecule has 182 valence electrons. The van der Waals surface area contributed by atoms with Gasteiger partial charge in [0, 0.05) is 39.7 Å². The molecule has 1 amide bonds. The predicted octanol–water partition coefficient (Wildman–Crippen LogP) is 3.35. The number of aryl methyl sites for hydroxylation is 2. The highest BCUT2D eigenvalue weighted by molar-refractivity contribution is 7.89. The Balaban J connectivity index is 1.62. The molecule has 0 saturated heterocycles. The fourth-order valence-electron chi connectivity index (χ4n) is 3.36. The molecule has 1 aromatic heterocycles. The third-order valence-electron chi connectivity index (χ3n) is 5.43. The number of hydrogen-bond donors (Lipinski definition) is 1. The van der Waals surface area contributed by atoms with Gasteiger partial charge in [0.1, 0.15) is 5.82 Å². The van der Waals surface area contributed by atoms with Crippen LogP contribution >= 0.6 is 0 Å². The minimum Gasteiger partial charge on any atom is -0.462 e. The second kappa shape index (κ2) is 10.8. The summed E-state index contributed by atoms with van der Waals surface area (Å²) in [6.45, 7) is 2.42. The van der Waals surface area contributed by atoms with Crippen LogP contribution in [0.15, 0.2) is 47.4 Å². The van der Waals surface area contributed by atoms with Crippen LogP contribution in [0.1, 0.15) is 42.4 Å². The highest BCUT2D eigenvalue weighted by Crippen LogP contribution is 2.22. The lowest BCUT2D eigenvalue weighted by molar-refractivity contribution is -0.116. The van der Waals surface area contributed by atoms with Gasteiger partial charge in [0.15, 0.2) is 0 Å². The lowest BCUT2D eigenvalue weighted by Gasteiger charge is -2.10. The van der Waals surface area contributed by atoms with Crippen LogP contribution in [0.4, 0.5) is 5.69 Å². The Labute approximate surface area is 199 Å². The van der Waals surface area contributed by atoms with Crippen molar-refractivity contribution in [3.8, 4) is 0 Å². The van der Waals surface area contributed by atoms with Gasteiger partial charge < -0.3 is 14.6 Å². The predicted molar refractivity (Wildman–Crippen MR) is 130 cm³/mol. The number of amides is 1. The number of imidazole rings is 1. The zero-order valence-electron chi connectivity index (χ0n) is 19.9. The second-order valence-electron chi connectivity index (χ2n) is 8.14. The Morgan fingerprint density at radius 2 is 1.82 bits per heavy atom. The molecule has 0 spiro atoms. The lowest BCUT2D eigenvalue weighted by atomic mass is 10.2. The van der Waals surface area contributed by atoms with Crippen LogP contribution in [0, 0.1) is 0 Å². The van der Waals surface area contributed by atoms with E-state index in [1.807, 2.05) is 18.5 Å². The largest absolute Gasteiger partial charge is 0.462 e. The number of benzene rings is 2. The minimum absolute atomic E-state index is 0.171. The van der Waals surface area contributed by atoms with Gasteiger partial charge >= 0.3 is 5.97 Å². The van der Waals surface area contributed by atoms with Crippen molar-refractivity contribution in [2.45, 2.75) is 37.5 Å². The van der Waals surface area contributed by atoms with Crippen molar-refractivity contribution in [3.63, 3.8) is 0 Å². The van der Waals surface area contributed by atoms with Crippen LogP contribution in [0.25, 0.3) is 11.0 Å². The zero-order chi connectivity index (χ0) is 24.9. The molecule has 0 fully saturated rings. The van der Waals surface area contributed by atoms with Crippen molar-refractivity contribution in [2.24, 2.45) is 7.05 Å². The summed E-state index contributed by atoms with van der Waals surface area (Å²) in [4.78, 5) is 29.1. The van der Waals surface area contributed by atoms with Crippen molar-refractivity contribution in [1.82, 2.24) is 13.9 Å². The molecule has 0 unspecified atom stereocenters. The number of unbranched alkanes of at least 4 members (excludes halogenated alkanes) is 1. The smallest absolute Gasteiger partial charge is 0.338 e. The first-order valence-electron chi connectivity index (χ1n) is 11.1. The summed E-state index contributed by atoms with van der Waals surface area (Å²) >= 11 is 0.